The van der Waals surface area contributed by atoms with Crippen molar-refractivity contribution in [1.82, 2.24) is 14.9 Å². The Morgan fingerprint density at radius 1 is 1.22 bits per heavy atom. The molecule has 3 atom stereocenters. The maximum Gasteiger partial charge on any atom is 0.410 e. The zero-order chi connectivity index (χ0) is 27.6. The summed E-state index contributed by atoms with van der Waals surface area (Å²) in [5.41, 5.74) is 1.29. The van der Waals surface area contributed by atoms with Gasteiger partial charge >= 0.3 is 6.09 Å². The summed E-state index contributed by atoms with van der Waals surface area (Å²) in [6.45, 7) is 17.0. The molecule has 2 aromatic heterocycles. The number of anilines is 1. The van der Waals surface area contributed by atoms with Crippen LogP contribution in [0.25, 0.3) is 0 Å². The third kappa shape index (κ3) is 7.98. The van der Waals surface area contributed by atoms with Gasteiger partial charge in [-0.2, -0.15) is 0 Å². The minimum Gasteiger partial charge on any atom is -0.444 e. The lowest BCUT2D eigenvalue weighted by atomic mass is 9.87. The van der Waals surface area contributed by atoms with Gasteiger partial charge in [0.05, 0.1) is 11.7 Å². The van der Waals surface area contributed by atoms with Crippen molar-refractivity contribution in [2.75, 3.05) is 11.9 Å². The van der Waals surface area contributed by atoms with Gasteiger partial charge in [-0.3, -0.25) is 4.98 Å². The number of nitrogens with zero attached hydrogens (tertiary/aromatic N) is 3. The third-order valence-electron chi connectivity index (χ3n) is 6.70. The zero-order valence-electron chi connectivity index (χ0n) is 23.5. The number of hydrogen-bond acceptors (Lipinski definition) is 6. The van der Waals surface area contributed by atoms with Crippen LogP contribution in [0.15, 0.2) is 41.6 Å². The highest BCUT2D eigenvalue weighted by molar-refractivity contribution is 7.82. The Hall–Kier alpha value is -2.52. The first-order valence-electron chi connectivity index (χ1n) is 12.9. The Balaban J connectivity index is 1.78. The maximum atomic E-state index is 12.9. The second-order valence-electron chi connectivity index (χ2n) is 12.6. The van der Waals surface area contributed by atoms with Gasteiger partial charge in [0.1, 0.15) is 27.4 Å². The number of nitrogens with two attached hydrogens (primary N) is 1. The number of aromatic nitrogens is 2. The van der Waals surface area contributed by atoms with Gasteiger partial charge in [-0.1, -0.05) is 32.9 Å². The highest BCUT2D eigenvalue weighted by atomic mass is 32.2. The first-order chi connectivity index (χ1) is 17.0. The van der Waals surface area contributed by atoms with Gasteiger partial charge in [0.15, 0.2) is 0 Å². The summed E-state index contributed by atoms with van der Waals surface area (Å²) < 4.78 is 17.4. The van der Waals surface area contributed by atoms with Gasteiger partial charge in [-0.25, -0.2) is 19.1 Å². The van der Waals surface area contributed by atoms with Crippen molar-refractivity contribution < 1.29 is 13.7 Å². The van der Waals surface area contributed by atoms with Crippen LogP contribution in [0.4, 0.5) is 10.6 Å². The Labute approximate surface area is 224 Å². The molecule has 3 unspecified atom stereocenters. The molecule has 37 heavy (non-hydrogen) atoms. The van der Waals surface area contributed by atoms with E-state index in [1.54, 1.807) is 12.1 Å². The van der Waals surface area contributed by atoms with E-state index in [-0.39, 0.29) is 23.1 Å². The van der Waals surface area contributed by atoms with E-state index in [1.165, 1.54) is 5.56 Å². The minimum absolute atomic E-state index is 0.0100. The van der Waals surface area contributed by atoms with Crippen LogP contribution in [0.5, 0.6) is 0 Å². The molecule has 3 rings (SSSR count). The predicted octanol–water partition coefficient (Wildman–Crippen LogP) is 5.72. The Morgan fingerprint density at radius 2 is 1.92 bits per heavy atom. The summed E-state index contributed by atoms with van der Waals surface area (Å²) in [5.74, 6) is 0.932. The zero-order valence-corrected chi connectivity index (χ0v) is 24.3. The van der Waals surface area contributed by atoms with E-state index in [1.807, 2.05) is 37.9 Å². The van der Waals surface area contributed by atoms with Crippen LogP contribution in [0, 0.1) is 5.92 Å². The molecule has 3 heterocycles. The molecule has 0 spiro atoms. The largest absolute Gasteiger partial charge is 0.444 e. The molecule has 1 aliphatic rings. The molecule has 8 nitrogen and oxygen atoms in total. The molecule has 0 bridgehead atoms. The number of amides is 1. The van der Waals surface area contributed by atoms with Crippen molar-refractivity contribution >= 4 is 22.9 Å². The van der Waals surface area contributed by atoms with Crippen LogP contribution in [0.2, 0.25) is 0 Å². The van der Waals surface area contributed by atoms with Crippen molar-refractivity contribution in [1.29, 1.82) is 0 Å². The molecular formula is C28H43N5O3S. The van der Waals surface area contributed by atoms with Gasteiger partial charge in [-0.15, -0.1) is 0 Å². The fourth-order valence-electron chi connectivity index (χ4n) is 4.76. The average molecular weight is 530 g/mol. The van der Waals surface area contributed by atoms with Crippen LogP contribution in [-0.4, -0.2) is 42.9 Å². The number of carbonyl (C=O) groups is 1. The van der Waals surface area contributed by atoms with Crippen LogP contribution >= 0.6 is 0 Å². The Bertz CT molecular complexity index is 1110. The third-order valence-corrected chi connectivity index (χ3v) is 7.34. The van der Waals surface area contributed by atoms with Gasteiger partial charge in [0.25, 0.3) is 0 Å². The number of pyridine rings is 2. The predicted molar refractivity (Wildman–Crippen MR) is 148 cm³/mol. The van der Waals surface area contributed by atoms with Gasteiger partial charge in [-0.05, 0) is 89.0 Å². The highest BCUT2D eigenvalue weighted by Crippen LogP contribution is 2.38. The lowest BCUT2D eigenvalue weighted by Crippen LogP contribution is -2.45. The van der Waals surface area contributed by atoms with Crippen LogP contribution in [-0.2, 0) is 21.1 Å². The first kappa shape index (κ1) is 29.0. The van der Waals surface area contributed by atoms with E-state index >= 15 is 0 Å². The number of hydrogen-bond donors (Lipinski definition) is 2. The topological polar surface area (TPSA) is 110 Å². The van der Waals surface area contributed by atoms with E-state index in [4.69, 9.17) is 14.9 Å². The molecule has 0 aromatic carbocycles. The number of ether oxygens (including phenoxy) is 1. The molecule has 2 aromatic rings. The second kappa shape index (κ2) is 11.1. The molecule has 1 fully saturated rings. The molecule has 1 saturated heterocycles. The summed E-state index contributed by atoms with van der Waals surface area (Å²) in [7, 11) is -1.66. The second-order valence-corrected chi connectivity index (χ2v) is 13.6. The fourth-order valence-corrected chi connectivity index (χ4v) is 5.16. The molecule has 1 aliphatic heterocycles. The van der Waals surface area contributed by atoms with E-state index in [0.717, 1.165) is 25.0 Å². The van der Waals surface area contributed by atoms with E-state index < -0.39 is 16.6 Å². The summed E-state index contributed by atoms with van der Waals surface area (Å²) in [6.07, 6.45) is 4.26. The quantitative estimate of drug-likeness (QED) is 0.474. The lowest BCUT2D eigenvalue weighted by molar-refractivity contribution is 0.0131. The molecular weight excluding hydrogens is 486 g/mol. The Kier molecular flexibility index (Phi) is 8.69. The molecule has 3 N–H and O–H groups in total. The van der Waals surface area contributed by atoms with E-state index in [0.29, 0.717) is 23.3 Å². The van der Waals surface area contributed by atoms with Crippen molar-refractivity contribution in [3.63, 3.8) is 0 Å². The maximum absolute atomic E-state index is 12.9. The number of rotatable bonds is 7. The van der Waals surface area contributed by atoms with Crippen LogP contribution < -0.4 is 10.5 Å². The van der Waals surface area contributed by atoms with Gasteiger partial charge in [0.2, 0.25) is 0 Å². The van der Waals surface area contributed by atoms with Crippen molar-refractivity contribution in [3.8, 4) is 0 Å². The van der Waals surface area contributed by atoms with E-state index in [2.05, 4.69) is 57.1 Å². The lowest BCUT2D eigenvalue weighted by Gasteiger charge is -2.33. The normalized spacial score (nSPS) is 19.4. The van der Waals surface area contributed by atoms with Crippen molar-refractivity contribution in [2.24, 2.45) is 11.1 Å². The minimum atomic E-state index is -1.66. The number of nitrogens with one attached hydrogen (secondary N) is 1. The molecule has 204 valence electrons. The summed E-state index contributed by atoms with van der Waals surface area (Å²) in [4.78, 5) is 24.0. The average Bonchev–Trinajstić information content (AvgIpc) is 3.09. The monoisotopic (exact) mass is 529 g/mol. The van der Waals surface area contributed by atoms with Gasteiger partial charge < -0.3 is 15.0 Å². The summed E-state index contributed by atoms with van der Waals surface area (Å²) >= 11 is 0. The van der Waals surface area contributed by atoms with Crippen LogP contribution in [0.1, 0.15) is 92.0 Å². The molecule has 1 amide bonds. The van der Waals surface area contributed by atoms with Crippen molar-refractivity contribution in [3.05, 3.63) is 47.8 Å². The number of carbonyl (C=O) groups excluding carboxylic acids is 1. The molecule has 0 radical (unpaired) electrons. The summed E-state index contributed by atoms with van der Waals surface area (Å²) in [6, 6.07) is 9.37. The van der Waals surface area contributed by atoms with Crippen LogP contribution in [0.3, 0.4) is 0 Å². The molecule has 9 heteroatoms. The standard InChI is InChI=1S/C28H43N5O3S/c1-26(2,3)20-13-15-21(30-17-20)22(31-23-10-9-11-24(32-23)37(29)35)14-12-19-16-28(7,8)33(18-19)25(34)36-27(4,5)6/h9-11,13,15,17,19,22H,12,14,16,18,29H2,1-8H3,(H,31,32). The number of likely N-dealkylation sites (tertiary alicyclic amines) is 1. The molecule has 0 saturated carbocycles. The van der Waals surface area contributed by atoms with Gasteiger partial charge in [0, 0.05) is 18.3 Å². The van der Waals surface area contributed by atoms with E-state index in [9.17, 15) is 9.00 Å². The summed E-state index contributed by atoms with van der Waals surface area (Å²) in [5, 5.41) is 9.37. The SMILES string of the molecule is CC(C)(C)OC(=O)N1CC(CCC(Nc2cccc(S(N)=O)n2)c2ccc(C(C)(C)C)cn2)CC1(C)C. The first-order valence-corrected chi connectivity index (χ1v) is 14.1. The fraction of sp³-hybridized carbons (Fsp3) is 0.607. The smallest absolute Gasteiger partial charge is 0.410 e. The highest BCUT2D eigenvalue weighted by Gasteiger charge is 2.42. The molecule has 0 aliphatic carbocycles. The van der Waals surface area contributed by atoms with Crippen molar-refractivity contribution in [2.45, 2.75) is 102 Å². The Morgan fingerprint density at radius 3 is 2.49 bits per heavy atom.